The smallest absolute Gasteiger partial charge is 0.213 e. The molecule has 1 aliphatic rings. The molecular formula is C11H12N4O. The highest BCUT2D eigenvalue weighted by Gasteiger charge is 2.20. The van der Waals surface area contributed by atoms with Gasteiger partial charge in [-0.15, -0.1) is 0 Å². The van der Waals surface area contributed by atoms with E-state index in [1.165, 1.54) is 17.5 Å². The van der Waals surface area contributed by atoms with Crippen molar-refractivity contribution >= 4 is 5.69 Å². The van der Waals surface area contributed by atoms with Crippen molar-refractivity contribution in [2.24, 2.45) is 0 Å². The average Bonchev–Trinajstić information content (AvgIpc) is 2.86. The molecular weight excluding hydrogens is 204 g/mol. The van der Waals surface area contributed by atoms with Gasteiger partial charge >= 0.3 is 0 Å². The quantitative estimate of drug-likeness (QED) is 0.763. The molecule has 1 aromatic heterocycles. The van der Waals surface area contributed by atoms with Gasteiger partial charge in [-0.1, -0.05) is 11.2 Å². The number of aromatic nitrogens is 2. The van der Waals surface area contributed by atoms with E-state index >= 15 is 0 Å². The second-order valence-corrected chi connectivity index (χ2v) is 4.02. The molecule has 0 unspecified atom stereocenters. The van der Waals surface area contributed by atoms with Crippen molar-refractivity contribution in [3.05, 3.63) is 41.5 Å². The Balaban J connectivity index is 1.75. The SMILES string of the molecule is Nc1ccc2c(c1)CN(Cc1ncon1)C2. The van der Waals surface area contributed by atoms with Gasteiger partial charge in [0.2, 0.25) is 6.39 Å². The largest absolute Gasteiger partial charge is 0.399 e. The van der Waals surface area contributed by atoms with Crippen LogP contribution in [0, 0.1) is 0 Å². The number of benzene rings is 1. The van der Waals surface area contributed by atoms with E-state index in [1.807, 2.05) is 12.1 Å². The third kappa shape index (κ3) is 1.65. The van der Waals surface area contributed by atoms with E-state index in [9.17, 15) is 0 Å². The van der Waals surface area contributed by atoms with Gasteiger partial charge in [-0.3, -0.25) is 4.90 Å². The standard InChI is InChI=1S/C11H12N4O/c12-10-2-1-8-4-15(5-9(8)3-10)6-11-13-7-16-14-11/h1-3,7H,4-6,12H2. The molecule has 5 nitrogen and oxygen atoms in total. The summed E-state index contributed by atoms with van der Waals surface area (Å²) in [5, 5.41) is 3.81. The second-order valence-electron chi connectivity index (χ2n) is 4.02. The average molecular weight is 216 g/mol. The van der Waals surface area contributed by atoms with Crippen LogP contribution in [-0.2, 0) is 19.6 Å². The molecule has 0 atom stereocenters. The lowest BCUT2D eigenvalue weighted by atomic mass is 10.1. The van der Waals surface area contributed by atoms with Crippen molar-refractivity contribution in [1.29, 1.82) is 0 Å². The number of anilines is 1. The third-order valence-corrected chi connectivity index (χ3v) is 2.79. The summed E-state index contributed by atoms with van der Waals surface area (Å²) in [4.78, 5) is 6.27. The van der Waals surface area contributed by atoms with Crippen LogP contribution in [0.2, 0.25) is 0 Å². The molecule has 0 saturated heterocycles. The summed E-state index contributed by atoms with van der Waals surface area (Å²) >= 11 is 0. The summed E-state index contributed by atoms with van der Waals surface area (Å²) in [5.74, 6) is 0.723. The molecule has 3 rings (SSSR count). The van der Waals surface area contributed by atoms with Gasteiger partial charge in [0.25, 0.3) is 0 Å². The number of nitrogen functional groups attached to an aromatic ring is 1. The minimum Gasteiger partial charge on any atom is -0.399 e. The lowest BCUT2D eigenvalue weighted by molar-refractivity contribution is 0.262. The van der Waals surface area contributed by atoms with Crippen molar-refractivity contribution in [2.45, 2.75) is 19.6 Å². The van der Waals surface area contributed by atoms with Crippen LogP contribution in [0.4, 0.5) is 5.69 Å². The molecule has 1 aromatic carbocycles. The number of nitrogens with zero attached hydrogens (tertiary/aromatic N) is 3. The zero-order chi connectivity index (χ0) is 11.0. The summed E-state index contributed by atoms with van der Waals surface area (Å²) in [6.07, 6.45) is 1.36. The Kier molecular flexibility index (Phi) is 2.11. The van der Waals surface area contributed by atoms with E-state index in [1.54, 1.807) is 0 Å². The summed E-state index contributed by atoms with van der Waals surface area (Å²) in [6, 6.07) is 6.06. The number of hydrogen-bond donors (Lipinski definition) is 1. The molecule has 82 valence electrons. The van der Waals surface area contributed by atoms with E-state index in [0.29, 0.717) is 6.54 Å². The summed E-state index contributed by atoms with van der Waals surface area (Å²) < 4.78 is 4.71. The molecule has 0 saturated carbocycles. The van der Waals surface area contributed by atoms with Gasteiger partial charge in [-0.25, -0.2) is 0 Å². The summed E-state index contributed by atoms with van der Waals surface area (Å²) in [6.45, 7) is 2.53. The van der Waals surface area contributed by atoms with Crippen molar-refractivity contribution in [1.82, 2.24) is 15.0 Å². The molecule has 0 bridgehead atoms. The topological polar surface area (TPSA) is 68.2 Å². The van der Waals surface area contributed by atoms with Crippen LogP contribution in [0.5, 0.6) is 0 Å². The van der Waals surface area contributed by atoms with Crippen molar-refractivity contribution in [2.75, 3.05) is 5.73 Å². The van der Waals surface area contributed by atoms with Gasteiger partial charge < -0.3 is 10.3 Å². The van der Waals surface area contributed by atoms with Crippen LogP contribution in [0.1, 0.15) is 17.0 Å². The molecule has 2 N–H and O–H groups in total. The molecule has 0 fully saturated rings. The Labute approximate surface area is 92.9 Å². The maximum atomic E-state index is 5.75. The minimum atomic E-state index is 0.713. The lowest BCUT2D eigenvalue weighted by Gasteiger charge is -2.10. The van der Waals surface area contributed by atoms with Gasteiger partial charge in [0.05, 0.1) is 6.54 Å². The highest BCUT2D eigenvalue weighted by atomic mass is 16.5. The fraction of sp³-hybridized carbons (Fsp3) is 0.273. The van der Waals surface area contributed by atoms with Gasteiger partial charge in [-0.2, -0.15) is 4.98 Å². The Hall–Kier alpha value is -1.88. The van der Waals surface area contributed by atoms with E-state index in [2.05, 4.69) is 21.1 Å². The molecule has 0 aliphatic carbocycles. The predicted octanol–water partition coefficient (Wildman–Crippen LogP) is 1.17. The fourth-order valence-electron chi connectivity index (χ4n) is 2.06. The number of nitrogens with two attached hydrogens (primary N) is 1. The number of rotatable bonds is 2. The predicted molar refractivity (Wildman–Crippen MR) is 58.1 cm³/mol. The zero-order valence-corrected chi connectivity index (χ0v) is 8.76. The highest BCUT2D eigenvalue weighted by Crippen LogP contribution is 2.25. The number of hydrogen-bond acceptors (Lipinski definition) is 5. The van der Waals surface area contributed by atoms with Crippen LogP contribution in [0.25, 0.3) is 0 Å². The minimum absolute atomic E-state index is 0.713. The first-order chi connectivity index (χ1) is 7.81. The molecule has 2 heterocycles. The molecule has 1 aliphatic heterocycles. The van der Waals surface area contributed by atoms with Crippen LogP contribution in [0.3, 0.4) is 0 Å². The Morgan fingerprint density at radius 2 is 2.19 bits per heavy atom. The fourth-order valence-corrected chi connectivity index (χ4v) is 2.06. The monoisotopic (exact) mass is 216 g/mol. The van der Waals surface area contributed by atoms with Gasteiger partial charge in [0.15, 0.2) is 5.82 Å². The first kappa shape index (κ1) is 9.35. The van der Waals surface area contributed by atoms with E-state index in [4.69, 9.17) is 10.3 Å². The first-order valence-electron chi connectivity index (χ1n) is 5.16. The summed E-state index contributed by atoms with van der Waals surface area (Å²) in [5.41, 5.74) is 9.20. The molecule has 16 heavy (non-hydrogen) atoms. The van der Waals surface area contributed by atoms with Crippen LogP contribution in [-0.4, -0.2) is 15.0 Å². The second kappa shape index (κ2) is 3.61. The van der Waals surface area contributed by atoms with Crippen LogP contribution >= 0.6 is 0 Å². The first-order valence-corrected chi connectivity index (χ1v) is 5.16. The van der Waals surface area contributed by atoms with Crippen molar-refractivity contribution < 1.29 is 4.52 Å². The zero-order valence-electron chi connectivity index (χ0n) is 8.76. The Bertz CT molecular complexity index is 495. The van der Waals surface area contributed by atoms with Gasteiger partial charge in [-0.05, 0) is 23.3 Å². The molecule has 2 aromatic rings. The van der Waals surface area contributed by atoms with Gasteiger partial charge in [0, 0.05) is 18.8 Å². The molecule has 5 heteroatoms. The highest BCUT2D eigenvalue weighted by molar-refractivity contribution is 5.46. The number of fused-ring (bicyclic) bond motifs is 1. The van der Waals surface area contributed by atoms with Crippen molar-refractivity contribution in [3.63, 3.8) is 0 Å². The van der Waals surface area contributed by atoms with E-state index < -0.39 is 0 Å². The maximum absolute atomic E-state index is 5.75. The molecule has 0 radical (unpaired) electrons. The Morgan fingerprint density at radius 1 is 1.31 bits per heavy atom. The normalized spacial score (nSPS) is 15.2. The summed E-state index contributed by atoms with van der Waals surface area (Å²) in [7, 11) is 0. The molecule has 0 spiro atoms. The van der Waals surface area contributed by atoms with Crippen molar-refractivity contribution in [3.8, 4) is 0 Å². The van der Waals surface area contributed by atoms with Gasteiger partial charge in [0.1, 0.15) is 0 Å². The maximum Gasteiger partial charge on any atom is 0.213 e. The third-order valence-electron chi connectivity index (χ3n) is 2.79. The lowest BCUT2D eigenvalue weighted by Crippen LogP contribution is -2.16. The van der Waals surface area contributed by atoms with Crippen LogP contribution in [0.15, 0.2) is 29.1 Å². The molecule has 0 amide bonds. The van der Waals surface area contributed by atoms with E-state index in [0.717, 1.165) is 24.6 Å². The van der Waals surface area contributed by atoms with Crippen LogP contribution < -0.4 is 5.73 Å². The Morgan fingerprint density at radius 3 is 3.00 bits per heavy atom. The van der Waals surface area contributed by atoms with E-state index in [-0.39, 0.29) is 0 Å².